The fourth-order valence-electron chi connectivity index (χ4n) is 1.79. The molecule has 1 heterocycles. The van der Waals surface area contributed by atoms with Crippen LogP contribution in [0.1, 0.15) is 12.8 Å². The zero-order valence-corrected chi connectivity index (χ0v) is 10.6. The van der Waals surface area contributed by atoms with Crippen LogP contribution in [0.15, 0.2) is 23.1 Å². The summed E-state index contributed by atoms with van der Waals surface area (Å²) in [6.07, 6.45) is 1.76. The summed E-state index contributed by atoms with van der Waals surface area (Å²) in [4.78, 5) is 0.0378. The summed E-state index contributed by atoms with van der Waals surface area (Å²) < 4.78 is 31.7. The fraction of sp³-hybridized carbons (Fsp3) is 0.455. The fourth-order valence-corrected chi connectivity index (χ4v) is 2.89. The van der Waals surface area contributed by atoms with Crippen molar-refractivity contribution in [3.05, 3.63) is 18.2 Å². The highest BCUT2D eigenvalue weighted by atomic mass is 32.2. The van der Waals surface area contributed by atoms with Crippen LogP contribution in [0.3, 0.4) is 0 Å². The van der Waals surface area contributed by atoms with Crippen molar-refractivity contribution >= 4 is 15.7 Å². The van der Waals surface area contributed by atoms with Crippen molar-refractivity contribution in [1.82, 2.24) is 4.72 Å². The van der Waals surface area contributed by atoms with Gasteiger partial charge in [-0.2, -0.15) is 0 Å². The highest BCUT2D eigenvalue weighted by Gasteiger charge is 2.20. The number of hydrogen-bond acceptors (Lipinski definition) is 5. The lowest BCUT2D eigenvalue weighted by molar-refractivity contribution is 0.114. The zero-order valence-electron chi connectivity index (χ0n) is 9.80. The molecule has 1 aliphatic heterocycles. The van der Waals surface area contributed by atoms with Gasteiger partial charge in [0.1, 0.15) is 5.75 Å². The standard InChI is InChI=1S/C11H16N2O4S/c12-10-6-9(3-4-11(10)14)18(15,16)13-7-8-2-1-5-17-8/h3-4,6,8,13-14H,1-2,5,7,12H2. The number of hydrogen-bond donors (Lipinski definition) is 3. The van der Waals surface area contributed by atoms with E-state index in [1.807, 2.05) is 0 Å². The quantitative estimate of drug-likeness (QED) is 0.545. The van der Waals surface area contributed by atoms with E-state index in [0.717, 1.165) is 12.8 Å². The summed E-state index contributed by atoms with van der Waals surface area (Å²) >= 11 is 0. The molecule has 0 bridgehead atoms. The van der Waals surface area contributed by atoms with Crippen molar-refractivity contribution in [3.8, 4) is 5.75 Å². The lowest BCUT2D eigenvalue weighted by Gasteiger charge is -2.11. The van der Waals surface area contributed by atoms with Gasteiger partial charge in [0.2, 0.25) is 10.0 Å². The van der Waals surface area contributed by atoms with E-state index < -0.39 is 10.0 Å². The highest BCUT2D eigenvalue weighted by molar-refractivity contribution is 7.89. The van der Waals surface area contributed by atoms with E-state index in [1.54, 1.807) is 0 Å². The molecule has 1 fully saturated rings. The van der Waals surface area contributed by atoms with Gasteiger partial charge in [-0.1, -0.05) is 0 Å². The summed E-state index contributed by atoms with van der Waals surface area (Å²) in [5.74, 6) is -0.131. The molecule has 0 spiro atoms. The van der Waals surface area contributed by atoms with E-state index in [0.29, 0.717) is 6.61 Å². The molecule has 0 amide bonds. The van der Waals surface area contributed by atoms with Gasteiger partial charge in [0.15, 0.2) is 0 Å². The van der Waals surface area contributed by atoms with Gasteiger partial charge in [-0.15, -0.1) is 0 Å². The third-order valence-corrected chi connectivity index (χ3v) is 4.26. The number of phenolic OH excluding ortho intramolecular Hbond substituents is 1. The van der Waals surface area contributed by atoms with Gasteiger partial charge in [-0.3, -0.25) is 0 Å². The number of nitrogens with one attached hydrogen (secondary N) is 1. The minimum Gasteiger partial charge on any atom is -0.506 e. The number of nitrogens with two attached hydrogens (primary N) is 1. The Kier molecular flexibility index (Phi) is 3.74. The molecule has 1 unspecified atom stereocenters. The van der Waals surface area contributed by atoms with E-state index in [-0.39, 0.29) is 29.0 Å². The Bertz CT molecular complexity index is 524. The first-order valence-corrected chi connectivity index (χ1v) is 7.17. The maximum atomic E-state index is 11.9. The molecule has 0 aliphatic carbocycles. The number of nitrogen functional groups attached to an aromatic ring is 1. The molecule has 1 aromatic carbocycles. The molecule has 1 aromatic rings. The average Bonchev–Trinajstić information content (AvgIpc) is 2.83. The summed E-state index contributed by atoms with van der Waals surface area (Å²) in [6, 6.07) is 3.80. The second kappa shape index (κ2) is 5.13. The van der Waals surface area contributed by atoms with Gasteiger partial charge in [0, 0.05) is 13.2 Å². The lowest BCUT2D eigenvalue weighted by Crippen LogP contribution is -2.31. The Morgan fingerprint density at radius 1 is 1.50 bits per heavy atom. The van der Waals surface area contributed by atoms with Gasteiger partial charge < -0.3 is 15.6 Å². The molecular weight excluding hydrogens is 256 g/mol. The van der Waals surface area contributed by atoms with Gasteiger partial charge in [0.25, 0.3) is 0 Å². The van der Waals surface area contributed by atoms with Crippen LogP contribution in [0.2, 0.25) is 0 Å². The van der Waals surface area contributed by atoms with Crippen LogP contribution < -0.4 is 10.5 Å². The Morgan fingerprint density at radius 3 is 2.89 bits per heavy atom. The Balaban J connectivity index is 2.07. The molecule has 100 valence electrons. The first-order valence-electron chi connectivity index (χ1n) is 5.69. The molecule has 6 nitrogen and oxygen atoms in total. The summed E-state index contributed by atoms with van der Waals surface area (Å²) in [6.45, 7) is 0.932. The van der Waals surface area contributed by atoms with Crippen LogP contribution >= 0.6 is 0 Å². The SMILES string of the molecule is Nc1cc(S(=O)(=O)NCC2CCCO2)ccc1O. The molecule has 0 saturated carbocycles. The van der Waals surface area contributed by atoms with Gasteiger partial charge >= 0.3 is 0 Å². The van der Waals surface area contributed by atoms with Gasteiger partial charge in [-0.25, -0.2) is 13.1 Å². The maximum absolute atomic E-state index is 11.9. The topological polar surface area (TPSA) is 102 Å². The molecule has 0 aromatic heterocycles. The van der Waals surface area contributed by atoms with Crippen molar-refractivity contribution in [2.45, 2.75) is 23.8 Å². The minimum absolute atomic E-state index is 0.0370. The largest absolute Gasteiger partial charge is 0.506 e. The predicted octanol–water partition coefficient (Wildman–Crippen LogP) is 0.432. The van der Waals surface area contributed by atoms with Crippen LogP contribution in [0, 0.1) is 0 Å². The van der Waals surface area contributed by atoms with Crippen molar-refractivity contribution in [1.29, 1.82) is 0 Å². The van der Waals surface area contributed by atoms with Gasteiger partial charge in [0.05, 0.1) is 16.7 Å². The number of benzene rings is 1. The number of anilines is 1. The Morgan fingerprint density at radius 2 is 2.28 bits per heavy atom. The van der Waals surface area contributed by atoms with E-state index in [2.05, 4.69) is 4.72 Å². The Hall–Kier alpha value is -1.31. The maximum Gasteiger partial charge on any atom is 0.240 e. The van der Waals surface area contributed by atoms with Crippen molar-refractivity contribution in [3.63, 3.8) is 0 Å². The van der Waals surface area contributed by atoms with Crippen LogP contribution in [-0.4, -0.2) is 32.8 Å². The second-order valence-corrected chi connectivity index (χ2v) is 5.97. The number of rotatable bonds is 4. The van der Waals surface area contributed by atoms with Crippen molar-refractivity contribution in [2.75, 3.05) is 18.9 Å². The van der Waals surface area contributed by atoms with E-state index in [4.69, 9.17) is 10.5 Å². The van der Waals surface area contributed by atoms with E-state index in [1.165, 1.54) is 18.2 Å². The average molecular weight is 272 g/mol. The Labute approximate surface area is 106 Å². The highest BCUT2D eigenvalue weighted by Crippen LogP contribution is 2.23. The molecule has 2 rings (SSSR count). The molecule has 1 aliphatic rings. The van der Waals surface area contributed by atoms with Crippen LogP contribution in [0.25, 0.3) is 0 Å². The molecule has 4 N–H and O–H groups in total. The second-order valence-electron chi connectivity index (χ2n) is 4.21. The van der Waals surface area contributed by atoms with Gasteiger partial charge in [-0.05, 0) is 31.0 Å². The van der Waals surface area contributed by atoms with Crippen LogP contribution in [0.4, 0.5) is 5.69 Å². The monoisotopic (exact) mass is 272 g/mol. The summed E-state index contributed by atoms with van der Waals surface area (Å²) in [7, 11) is -3.61. The summed E-state index contributed by atoms with van der Waals surface area (Å²) in [5, 5.41) is 9.25. The number of aromatic hydroxyl groups is 1. The van der Waals surface area contributed by atoms with Crippen LogP contribution in [-0.2, 0) is 14.8 Å². The molecule has 1 saturated heterocycles. The van der Waals surface area contributed by atoms with Crippen molar-refractivity contribution in [2.24, 2.45) is 0 Å². The van der Waals surface area contributed by atoms with Crippen LogP contribution in [0.5, 0.6) is 5.75 Å². The zero-order chi connectivity index (χ0) is 13.2. The third-order valence-electron chi connectivity index (χ3n) is 2.83. The first kappa shape index (κ1) is 13.1. The third kappa shape index (κ3) is 2.92. The van der Waals surface area contributed by atoms with Crippen molar-refractivity contribution < 1.29 is 18.3 Å². The number of sulfonamides is 1. The molecule has 1 atom stereocenters. The smallest absolute Gasteiger partial charge is 0.240 e. The minimum atomic E-state index is -3.61. The lowest BCUT2D eigenvalue weighted by atomic mass is 10.2. The number of ether oxygens (including phenoxy) is 1. The number of phenols is 1. The van der Waals surface area contributed by atoms with E-state index in [9.17, 15) is 13.5 Å². The molecular formula is C11H16N2O4S. The normalized spacial score (nSPS) is 20.1. The summed E-state index contributed by atoms with van der Waals surface area (Å²) in [5.41, 5.74) is 5.51. The molecule has 0 radical (unpaired) electrons. The first-order chi connectivity index (χ1) is 8.49. The van der Waals surface area contributed by atoms with E-state index >= 15 is 0 Å². The predicted molar refractivity (Wildman–Crippen MR) is 66.7 cm³/mol. The molecule has 18 heavy (non-hydrogen) atoms. The molecule has 7 heteroatoms.